The number of phenols is 1. The highest BCUT2D eigenvalue weighted by molar-refractivity contribution is 5.88. The summed E-state index contributed by atoms with van der Waals surface area (Å²) in [7, 11) is 0. The maximum atomic E-state index is 11.0. The van der Waals surface area contributed by atoms with Gasteiger partial charge in [0, 0.05) is 37.9 Å². The lowest BCUT2D eigenvalue weighted by Gasteiger charge is -2.39. The first-order valence-corrected chi connectivity index (χ1v) is 10.2. The molecule has 1 unspecified atom stereocenters. The van der Waals surface area contributed by atoms with Crippen LogP contribution >= 0.6 is 0 Å². The van der Waals surface area contributed by atoms with Gasteiger partial charge in [-0.2, -0.15) is 0 Å². The van der Waals surface area contributed by atoms with Gasteiger partial charge in [-0.15, -0.1) is 0 Å². The molecule has 0 aliphatic carbocycles. The molecule has 3 aromatic carbocycles. The fraction of sp³-hybridized carbons (Fsp3) is 0.240. The van der Waals surface area contributed by atoms with Crippen LogP contribution in [0.3, 0.4) is 0 Å². The summed E-state index contributed by atoms with van der Waals surface area (Å²) in [5.41, 5.74) is 4.77. The number of carboxylic acid groups (broad SMARTS) is 1. The van der Waals surface area contributed by atoms with E-state index in [0.29, 0.717) is 11.6 Å². The summed E-state index contributed by atoms with van der Waals surface area (Å²) in [4.78, 5) is 15.8. The van der Waals surface area contributed by atoms with Gasteiger partial charge in [0.1, 0.15) is 5.75 Å². The van der Waals surface area contributed by atoms with E-state index in [0.717, 1.165) is 43.0 Å². The Labute approximate surface area is 176 Å². The van der Waals surface area contributed by atoms with Gasteiger partial charge in [-0.05, 0) is 60.0 Å². The van der Waals surface area contributed by atoms with Crippen molar-refractivity contribution in [2.45, 2.75) is 13.0 Å². The number of phenolic OH excluding ortho intramolecular Hbond substituents is 1. The third-order valence-electron chi connectivity index (χ3n) is 5.91. The molecule has 5 heteroatoms. The van der Waals surface area contributed by atoms with Crippen LogP contribution in [0.25, 0.3) is 11.1 Å². The number of hydrogen-bond donors (Lipinski definition) is 2. The van der Waals surface area contributed by atoms with E-state index in [4.69, 9.17) is 5.11 Å². The van der Waals surface area contributed by atoms with Crippen LogP contribution in [0.2, 0.25) is 0 Å². The van der Waals surface area contributed by atoms with Crippen molar-refractivity contribution < 1.29 is 15.0 Å². The number of rotatable bonds is 5. The molecule has 30 heavy (non-hydrogen) atoms. The number of hydrogen-bond acceptors (Lipinski definition) is 4. The van der Waals surface area contributed by atoms with Crippen LogP contribution in [0, 0.1) is 0 Å². The molecule has 1 aliphatic heterocycles. The Morgan fingerprint density at radius 2 is 1.53 bits per heavy atom. The molecule has 0 aromatic heterocycles. The predicted octanol–water partition coefficient (Wildman–Crippen LogP) is 4.64. The van der Waals surface area contributed by atoms with Crippen molar-refractivity contribution in [1.82, 2.24) is 4.90 Å². The molecule has 1 fully saturated rings. The quantitative estimate of drug-likeness (QED) is 0.651. The Hall–Kier alpha value is -3.31. The third-order valence-corrected chi connectivity index (χ3v) is 5.91. The topological polar surface area (TPSA) is 64.0 Å². The van der Waals surface area contributed by atoms with Crippen molar-refractivity contribution in [2.75, 3.05) is 31.1 Å². The highest BCUT2D eigenvalue weighted by Crippen LogP contribution is 2.28. The zero-order valence-electron chi connectivity index (χ0n) is 17.0. The van der Waals surface area contributed by atoms with Crippen molar-refractivity contribution in [3.8, 4) is 16.9 Å². The SMILES string of the molecule is CC(c1ccc(-c2cccc(O)c2)cc1)N1CCN(c2ccc(C(=O)O)cc2)CC1. The summed E-state index contributed by atoms with van der Waals surface area (Å²) in [5.74, 6) is -0.615. The summed E-state index contributed by atoms with van der Waals surface area (Å²) in [6, 6.07) is 23.3. The first-order valence-electron chi connectivity index (χ1n) is 10.2. The zero-order chi connectivity index (χ0) is 21.1. The van der Waals surface area contributed by atoms with Crippen LogP contribution in [0.1, 0.15) is 28.9 Å². The van der Waals surface area contributed by atoms with E-state index in [-0.39, 0.29) is 5.75 Å². The van der Waals surface area contributed by atoms with E-state index in [1.54, 1.807) is 24.3 Å². The summed E-state index contributed by atoms with van der Waals surface area (Å²) in [6.45, 7) is 5.98. The second-order valence-corrected chi connectivity index (χ2v) is 7.72. The number of aromatic carboxylic acids is 1. The fourth-order valence-electron chi connectivity index (χ4n) is 4.03. The molecular weight excluding hydrogens is 376 g/mol. The predicted molar refractivity (Wildman–Crippen MR) is 119 cm³/mol. The summed E-state index contributed by atoms with van der Waals surface area (Å²) >= 11 is 0. The minimum absolute atomic E-state index is 0.278. The highest BCUT2D eigenvalue weighted by Gasteiger charge is 2.22. The lowest BCUT2D eigenvalue weighted by atomic mass is 10.00. The molecule has 5 nitrogen and oxygen atoms in total. The van der Waals surface area contributed by atoms with E-state index < -0.39 is 5.97 Å². The van der Waals surface area contributed by atoms with E-state index in [1.807, 2.05) is 24.3 Å². The van der Waals surface area contributed by atoms with Crippen LogP contribution < -0.4 is 4.90 Å². The molecule has 0 bridgehead atoms. The zero-order valence-corrected chi connectivity index (χ0v) is 17.0. The van der Waals surface area contributed by atoms with E-state index in [9.17, 15) is 9.90 Å². The first kappa shape index (κ1) is 20.0. The summed E-state index contributed by atoms with van der Waals surface area (Å²) < 4.78 is 0. The Kier molecular flexibility index (Phi) is 5.72. The van der Waals surface area contributed by atoms with Crippen molar-refractivity contribution in [2.24, 2.45) is 0 Å². The maximum absolute atomic E-state index is 11.0. The van der Waals surface area contributed by atoms with Crippen LogP contribution in [-0.4, -0.2) is 47.3 Å². The molecule has 3 aromatic rings. The molecule has 0 spiro atoms. The van der Waals surface area contributed by atoms with Gasteiger partial charge >= 0.3 is 5.97 Å². The molecule has 154 valence electrons. The number of carbonyl (C=O) groups is 1. The molecule has 0 radical (unpaired) electrons. The fourth-order valence-corrected chi connectivity index (χ4v) is 4.03. The standard InChI is InChI=1S/C25H26N2O3/c1-18(19-5-7-20(8-6-19)22-3-2-4-24(28)17-22)26-13-15-27(16-14-26)23-11-9-21(10-12-23)25(29)30/h2-12,17-18,28H,13-16H2,1H3,(H,29,30). The maximum Gasteiger partial charge on any atom is 0.335 e. The molecular formula is C25H26N2O3. The van der Waals surface area contributed by atoms with Crippen molar-refractivity contribution in [1.29, 1.82) is 0 Å². The molecule has 1 aliphatic rings. The van der Waals surface area contributed by atoms with Gasteiger partial charge in [-0.1, -0.05) is 36.4 Å². The van der Waals surface area contributed by atoms with Crippen LogP contribution in [0.15, 0.2) is 72.8 Å². The smallest absolute Gasteiger partial charge is 0.335 e. The lowest BCUT2D eigenvalue weighted by molar-refractivity contribution is 0.0697. The molecule has 2 N–H and O–H groups in total. The molecule has 1 saturated heterocycles. The van der Waals surface area contributed by atoms with E-state index >= 15 is 0 Å². The van der Waals surface area contributed by atoms with Crippen molar-refractivity contribution in [3.63, 3.8) is 0 Å². The largest absolute Gasteiger partial charge is 0.508 e. The van der Waals surface area contributed by atoms with Gasteiger partial charge < -0.3 is 15.1 Å². The second kappa shape index (κ2) is 8.59. The van der Waals surface area contributed by atoms with Crippen molar-refractivity contribution in [3.05, 3.63) is 83.9 Å². The lowest BCUT2D eigenvalue weighted by Crippen LogP contribution is -2.47. The van der Waals surface area contributed by atoms with Gasteiger partial charge in [-0.3, -0.25) is 4.90 Å². The van der Waals surface area contributed by atoms with Crippen LogP contribution in [0.5, 0.6) is 5.75 Å². The molecule has 0 amide bonds. The van der Waals surface area contributed by atoms with Crippen LogP contribution in [-0.2, 0) is 0 Å². The number of carboxylic acids is 1. The van der Waals surface area contributed by atoms with Gasteiger partial charge in [-0.25, -0.2) is 4.79 Å². The number of benzene rings is 3. The molecule has 0 saturated carbocycles. The van der Waals surface area contributed by atoms with Gasteiger partial charge in [0.05, 0.1) is 5.56 Å². The number of anilines is 1. The highest BCUT2D eigenvalue weighted by atomic mass is 16.4. The normalized spacial score (nSPS) is 15.7. The van der Waals surface area contributed by atoms with Crippen molar-refractivity contribution >= 4 is 11.7 Å². The average molecular weight is 402 g/mol. The van der Waals surface area contributed by atoms with Gasteiger partial charge in [0.2, 0.25) is 0 Å². The summed E-state index contributed by atoms with van der Waals surface area (Å²) in [6.07, 6.45) is 0. The van der Waals surface area contributed by atoms with E-state index in [2.05, 4.69) is 41.0 Å². The monoisotopic (exact) mass is 402 g/mol. The molecule has 1 heterocycles. The second-order valence-electron chi connectivity index (χ2n) is 7.72. The minimum Gasteiger partial charge on any atom is -0.508 e. The Bertz CT molecular complexity index is 1010. The van der Waals surface area contributed by atoms with E-state index in [1.165, 1.54) is 5.56 Å². The van der Waals surface area contributed by atoms with Crippen LogP contribution in [0.4, 0.5) is 5.69 Å². The third kappa shape index (κ3) is 4.31. The minimum atomic E-state index is -0.893. The van der Waals surface area contributed by atoms with Gasteiger partial charge in [0.15, 0.2) is 0 Å². The Morgan fingerprint density at radius 1 is 0.867 bits per heavy atom. The summed E-state index contributed by atoms with van der Waals surface area (Å²) in [5, 5.41) is 18.7. The Balaban J connectivity index is 1.38. The number of aromatic hydroxyl groups is 1. The molecule has 4 rings (SSSR count). The first-order chi connectivity index (χ1) is 14.5. The average Bonchev–Trinajstić information content (AvgIpc) is 2.79. The van der Waals surface area contributed by atoms with Gasteiger partial charge in [0.25, 0.3) is 0 Å². The number of nitrogens with zero attached hydrogens (tertiary/aromatic N) is 2. The molecule has 1 atom stereocenters. The number of piperazine rings is 1. The Morgan fingerprint density at radius 3 is 2.13 bits per heavy atom.